The summed E-state index contributed by atoms with van der Waals surface area (Å²) in [7, 11) is 1.86. The first-order valence-corrected chi connectivity index (χ1v) is 4.56. The predicted molar refractivity (Wildman–Crippen MR) is 59.5 cm³/mol. The minimum Gasteiger partial charge on any atom is -0.322 e. The van der Waals surface area contributed by atoms with Crippen LogP contribution in [-0.4, -0.2) is 15.7 Å². The highest BCUT2D eigenvalue weighted by atomic mass is 16.1. The van der Waals surface area contributed by atoms with E-state index in [2.05, 4.69) is 17.0 Å². The van der Waals surface area contributed by atoms with Gasteiger partial charge in [-0.05, 0) is 24.3 Å². The molecule has 0 aliphatic rings. The van der Waals surface area contributed by atoms with Crippen molar-refractivity contribution in [3.63, 3.8) is 0 Å². The standard InChI is InChI=1S/C11H11N3O/c1-3-11(15)13-9-5-4-8-7-12-14(2)10(8)6-9/h3-7H,1H2,2H3,(H,13,15). The average Bonchev–Trinajstić information content (AvgIpc) is 2.60. The van der Waals surface area contributed by atoms with E-state index in [0.717, 1.165) is 16.6 Å². The zero-order chi connectivity index (χ0) is 10.8. The molecule has 76 valence electrons. The lowest BCUT2D eigenvalue weighted by Crippen LogP contribution is -2.07. The summed E-state index contributed by atoms with van der Waals surface area (Å²) in [6, 6.07) is 5.64. The second-order valence-corrected chi connectivity index (χ2v) is 3.24. The number of hydrogen-bond donors (Lipinski definition) is 1. The molecule has 0 saturated carbocycles. The minimum atomic E-state index is -0.212. The molecule has 1 aromatic carbocycles. The molecule has 0 aliphatic heterocycles. The van der Waals surface area contributed by atoms with Crippen molar-refractivity contribution >= 4 is 22.5 Å². The van der Waals surface area contributed by atoms with E-state index in [-0.39, 0.29) is 5.91 Å². The highest BCUT2D eigenvalue weighted by Crippen LogP contribution is 2.18. The molecule has 0 saturated heterocycles. The maximum atomic E-state index is 11.1. The van der Waals surface area contributed by atoms with Crippen molar-refractivity contribution in [3.8, 4) is 0 Å². The topological polar surface area (TPSA) is 46.9 Å². The van der Waals surface area contributed by atoms with Gasteiger partial charge in [-0.15, -0.1) is 0 Å². The first-order chi connectivity index (χ1) is 7.20. The van der Waals surface area contributed by atoms with Gasteiger partial charge in [0.25, 0.3) is 0 Å². The maximum absolute atomic E-state index is 11.1. The Balaban J connectivity index is 2.41. The summed E-state index contributed by atoms with van der Waals surface area (Å²) in [5.74, 6) is -0.212. The van der Waals surface area contributed by atoms with Gasteiger partial charge in [0, 0.05) is 18.1 Å². The molecule has 0 spiro atoms. The van der Waals surface area contributed by atoms with Gasteiger partial charge in [-0.1, -0.05) is 6.58 Å². The summed E-state index contributed by atoms with van der Waals surface area (Å²) in [6.07, 6.45) is 3.03. The molecule has 0 unspecified atom stereocenters. The molecule has 0 aliphatic carbocycles. The quantitative estimate of drug-likeness (QED) is 0.752. The summed E-state index contributed by atoms with van der Waals surface area (Å²) in [5.41, 5.74) is 1.73. The van der Waals surface area contributed by atoms with Crippen molar-refractivity contribution in [1.29, 1.82) is 0 Å². The molecule has 0 bridgehead atoms. The van der Waals surface area contributed by atoms with Gasteiger partial charge in [0.15, 0.2) is 0 Å². The third kappa shape index (κ3) is 1.74. The lowest BCUT2D eigenvalue weighted by atomic mass is 10.2. The Labute approximate surface area is 87.2 Å². The molecule has 0 radical (unpaired) electrons. The van der Waals surface area contributed by atoms with Gasteiger partial charge in [-0.3, -0.25) is 9.48 Å². The zero-order valence-corrected chi connectivity index (χ0v) is 8.40. The van der Waals surface area contributed by atoms with E-state index in [4.69, 9.17) is 0 Å². The van der Waals surface area contributed by atoms with E-state index in [0.29, 0.717) is 0 Å². The fourth-order valence-electron chi connectivity index (χ4n) is 1.42. The van der Waals surface area contributed by atoms with Crippen LogP contribution in [0.4, 0.5) is 5.69 Å². The van der Waals surface area contributed by atoms with E-state index in [1.165, 1.54) is 6.08 Å². The van der Waals surface area contributed by atoms with Gasteiger partial charge < -0.3 is 5.32 Å². The Bertz CT molecular complexity index is 528. The van der Waals surface area contributed by atoms with Crippen molar-refractivity contribution < 1.29 is 4.79 Å². The summed E-state index contributed by atoms with van der Waals surface area (Å²) in [5, 5.41) is 7.87. The molecule has 2 rings (SSSR count). The molecule has 15 heavy (non-hydrogen) atoms. The monoisotopic (exact) mass is 201 g/mol. The van der Waals surface area contributed by atoms with Gasteiger partial charge in [-0.25, -0.2) is 0 Å². The highest BCUT2D eigenvalue weighted by Gasteiger charge is 2.02. The van der Waals surface area contributed by atoms with Crippen LogP contribution in [0, 0.1) is 0 Å². The van der Waals surface area contributed by atoms with Gasteiger partial charge in [0.05, 0.1) is 11.7 Å². The number of aromatic nitrogens is 2. The van der Waals surface area contributed by atoms with Crippen LogP contribution in [0.2, 0.25) is 0 Å². The number of anilines is 1. The molecule has 0 fully saturated rings. The first-order valence-electron chi connectivity index (χ1n) is 4.56. The Morgan fingerprint density at radius 2 is 2.40 bits per heavy atom. The van der Waals surface area contributed by atoms with Gasteiger partial charge in [0.1, 0.15) is 0 Å². The Hall–Kier alpha value is -2.10. The number of nitrogens with one attached hydrogen (secondary N) is 1. The number of aryl methyl sites for hydroxylation is 1. The number of carbonyl (C=O) groups is 1. The molecular formula is C11H11N3O. The van der Waals surface area contributed by atoms with E-state index in [1.54, 1.807) is 10.9 Å². The fraction of sp³-hybridized carbons (Fsp3) is 0.0909. The van der Waals surface area contributed by atoms with Gasteiger partial charge >= 0.3 is 0 Å². The van der Waals surface area contributed by atoms with E-state index in [9.17, 15) is 4.79 Å². The van der Waals surface area contributed by atoms with E-state index < -0.39 is 0 Å². The first kappa shape index (κ1) is 9.45. The molecule has 0 atom stereocenters. The van der Waals surface area contributed by atoms with Crippen molar-refractivity contribution in [2.45, 2.75) is 0 Å². The maximum Gasteiger partial charge on any atom is 0.247 e. The lowest BCUT2D eigenvalue weighted by Gasteiger charge is -2.02. The Morgan fingerprint density at radius 3 is 3.13 bits per heavy atom. The number of rotatable bonds is 2. The van der Waals surface area contributed by atoms with Crippen LogP contribution < -0.4 is 5.32 Å². The van der Waals surface area contributed by atoms with Crippen molar-refractivity contribution in [3.05, 3.63) is 37.1 Å². The van der Waals surface area contributed by atoms with Crippen LogP contribution in [-0.2, 0) is 11.8 Å². The second-order valence-electron chi connectivity index (χ2n) is 3.24. The minimum absolute atomic E-state index is 0.212. The number of fused-ring (bicyclic) bond motifs is 1. The van der Waals surface area contributed by atoms with E-state index >= 15 is 0 Å². The number of nitrogens with zero attached hydrogens (tertiary/aromatic N) is 2. The average molecular weight is 201 g/mol. The summed E-state index contributed by atoms with van der Waals surface area (Å²) >= 11 is 0. The van der Waals surface area contributed by atoms with Crippen molar-refractivity contribution in [2.24, 2.45) is 7.05 Å². The number of hydrogen-bond acceptors (Lipinski definition) is 2. The molecule has 1 aromatic heterocycles. The molecule has 4 heteroatoms. The third-order valence-electron chi connectivity index (χ3n) is 2.20. The number of amides is 1. The third-order valence-corrected chi connectivity index (χ3v) is 2.20. The van der Waals surface area contributed by atoms with Crippen LogP contribution in [0.3, 0.4) is 0 Å². The Morgan fingerprint density at radius 1 is 1.60 bits per heavy atom. The number of carbonyl (C=O) groups excluding carboxylic acids is 1. The van der Waals surface area contributed by atoms with Crippen LogP contribution >= 0.6 is 0 Å². The van der Waals surface area contributed by atoms with Gasteiger partial charge in [-0.2, -0.15) is 5.10 Å². The number of benzene rings is 1. The lowest BCUT2D eigenvalue weighted by molar-refractivity contribution is -0.111. The summed E-state index contributed by atoms with van der Waals surface area (Å²) < 4.78 is 1.76. The van der Waals surface area contributed by atoms with Crippen LogP contribution in [0.5, 0.6) is 0 Å². The SMILES string of the molecule is C=CC(=O)Nc1ccc2cnn(C)c2c1. The van der Waals surface area contributed by atoms with Gasteiger partial charge in [0.2, 0.25) is 5.91 Å². The van der Waals surface area contributed by atoms with Crippen LogP contribution in [0.1, 0.15) is 0 Å². The predicted octanol–water partition coefficient (Wildman–Crippen LogP) is 1.70. The normalized spacial score (nSPS) is 10.2. The van der Waals surface area contributed by atoms with E-state index in [1.807, 2.05) is 25.2 Å². The van der Waals surface area contributed by atoms with Crippen molar-refractivity contribution in [1.82, 2.24) is 9.78 Å². The van der Waals surface area contributed by atoms with Crippen molar-refractivity contribution in [2.75, 3.05) is 5.32 Å². The molecule has 1 N–H and O–H groups in total. The molecule has 2 aromatic rings. The smallest absolute Gasteiger partial charge is 0.247 e. The highest BCUT2D eigenvalue weighted by molar-refractivity contribution is 6.00. The van der Waals surface area contributed by atoms with Crippen LogP contribution in [0.15, 0.2) is 37.1 Å². The Kier molecular flexibility index (Phi) is 2.25. The molecule has 1 amide bonds. The molecular weight excluding hydrogens is 190 g/mol. The molecule has 1 heterocycles. The largest absolute Gasteiger partial charge is 0.322 e. The fourth-order valence-corrected chi connectivity index (χ4v) is 1.42. The molecule has 4 nitrogen and oxygen atoms in total. The second kappa shape index (κ2) is 3.57. The zero-order valence-electron chi connectivity index (χ0n) is 8.40. The summed E-state index contributed by atoms with van der Waals surface area (Å²) in [4.78, 5) is 11.1. The summed E-state index contributed by atoms with van der Waals surface area (Å²) in [6.45, 7) is 3.40. The van der Waals surface area contributed by atoms with Crippen LogP contribution in [0.25, 0.3) is 10.9 Å².